The average Bonchev–Trinajstić information content (AvgIpc) is 2.86. The van der Waals surface area contributed by atoms with E-state index in [0.29, 0.717) is 0 Å². The number of methoxy groups -OCH3 is 2. The van der Waals surface area contributed by atoms with Gasteiger partial charge in [0.1, 0.15) is 35.4 Å². The minimum absolute atomic E-state index is 0.0406. The Morgan fingerprint density at radius 1 is 0.917 bits per heavy atom. The van der Waals surface area contributed by atoms with Gasteiger partial charge in [-0.25, -0.2) is 0 Å². The van der Waals surface area contributed by atoms with E-state index in [1.807, 2.05) is 0 Å². The largest absolute Gasteiger partial charge is 0.504 e. The van der Waals surface area contributed by atoms with Crippen LogP contribution < -0.4 is 19.6 Å². The Morgan fingerprint density at radius 3 is 2.28 bits per heavy atom. The van der Waals surface area contributed by atoms with E-state index in [2.05, 4.69) is 0 Å². The topological polar surface area (TPSA) is 209 Å². The van der Waals surface area contributed by atoms with Crippen LogP contribution in [0.15, 0.2) is 33.5 Å². The summed E-state index contributed by atoms with van der Waals surface area (Å²) >= 11 is 0. The predicted molar refractivity (Wildman–Crippen MR) is 120 cm³/mol. The maximum absolute atomic E-state index is 12.9. The molecule has 4 rings (SSSR count). The second kappa shape index (κ2) is 9.72. The number of hydrogen-bond acceptors (Lipinski definition) is 13. The zero-order chi connectivity index (χ0) is 26.3. The Kier molecular flexibility index (Phi) is 6.84. The van der Waals surface area contributed by atoms with E-state index in [0.717, 1.165) is 13.2 Å². The van der Waals surface area contributed by atoms with Gasteiger partial charge in [-0.1, -0.05) is 0 Å². The second-order valence-corrected chi connectivity index (χ2v) is 7.94. The number of aromatic hydroxyl groups is 3. The SMILES string of the molecule is COc1cc(-c2oc3cc(O[C@@H]4O[C@H](CO)[C@@H](O)[C@@H](O)[C@@H]4O)c(OC)c(O)c3c(=O)c2O)ccc1O. The molecule has 0 aliphatic carbocycles. The number of rotatable bonds is 6. The van der Waals surface area contributed by atoms with Crippen LogP contribution in [0.3, 0.4) is 0 Å². The van der Waals surface area contributed by atoms with Crippen LogP contribution in [-0.4, -0.2) is 87.3 Å². The summed E-state index contributed by atoms with van der Waals surface area (Å²) in [6, 6.07) is 5.05. The molecule has 5 atom stereocenters. The summed E-state index contributed by atoms with van der Waals surface area (Å²) < 4.78 is 26.8. The number of aliphatic hydroxyl groups is 4. The Bertz CT molecular complexity index is 1330. The van der Waals surface area contributed by atoms with Gasteiger partial charge in [0.25, 0.3) is 0 Å². The van der Waals surface area contributed by atoms with Crippen molar-refractivity contribution in [3.63, 3.8) is 0 Å². The maximum atomic E-state index is 12.9. The Balaban J connectivity index is 1.85. The summed E-state index contributed by atoms with van der Waals surface area (Å²) in [7, 11) is 2.46. The molecule has 1 fully saturated rings. The summed E-state index contributed by atoms with van der Waals surface area (Å²) in [5.74, 6) is -2.74. The lowest BCUT2D eigenvalue weighted by Gasteiger charge is -2.39. The van der Waals surface area contributed by atoms with Gasteiger partial charge in [0, 0.05) is 11.6 Å². The van der Waals surface area contributed by atoms with Gasteiger partial charge in [-0.2, -0.15) is 0 Å². The second-order valence-electron chi connectivity index (χ2n) is 7.94. The summed E-state index contributed by atoms with van der Waals surface area (Å²) in [5.41, 5.74) is -1.11. The van der Waals surface area contributed by atoms with Gasteiger partial charge >= 0.3 is 0 Å². The van der Waals surface area contributed by atoms with Crippen molar-refractivity contribution in [2.45, 2.75) is 30.7 Å². The van der Waals surface area contributed by atoms with E-state index in [9.17, 15) is 40.5 Å². The Morgan fingerprint density at radius 2 is 1.64 bits per heavy atom. The van der Waals surface area contributed by atoms with E-state index < -0.39 is 59.6 Å². The van der Waals surface area contributed by atoms with Crippen LogP contribution in [0.5, 0.6) is 34.5 Å². The standard InChI is InChI=1S/C23H24O13/c1-32-10-5-8(3-4-9(10)25)21-19(30)16(27)14-11(34-21)6-12(22(33-2)17(14)28)35-23-20(31)18(29)15(26)13(7-24)36-23/h3-6,13,15,18,20,23-26,28-31H,7H2,1-2H3/t13-,15-,18-,20+,23-/m1/s1. The third kappa shape index (κ3) is 4.12. The van der Waals surface area contributed by atoms with Crippen molar-refractivity contribution < 1.29 is 59.1 Å². The molecule has 2 aromatic carbocycles. The molecule has 2 heterocycles. The fraction of sp³-hybridized carbons (Fsp3) is 0.348. The predicted octanol–water partition coefficient (Wildman–Crippen LogP) is -0.227. The van der Waals surface area contributed by atoms with Crippen LogP contribution in [0.25, 0.3) is 22.3 Å². The number of ether oxygens (including phenoxy) is 4. The van der Waals surface area contributed by atoms with Crippen molar-refractivity contribution >= 4 is 11.0 Å². The summed E-state index contributed by atoms with van der Waals surface area (Å²) in [6.07, 6.45) is -8.01. The number of phenolic OH excluding ortho intramolecular Hbond substituents is 2. The Labute approximate surface area is 202 Å². The molecular formula is C23H24O13. The highest BCUT2D eigenvalue weighted by Crippen LogP contribution is 2.45. The van der Waals surface area contributed by atoms with Crippen LogP contribution >= 0.6 is 0 Å². The first-order chi connectivity index (χ1) is 17.1. The molecule has 1 aliphatic heterocycles. The molecule has 36 heavy (non-hydrogen) atoms. The van der Waals surface area contributed by atoms with Crippen LogP contribution in [0.1, 0.15) is 0 Å². The normalized spacial score (nSPS) is 24.0. The third-order valence-corrected chi connectivity index (χ3v) is 5.79. The van der Waals surface area contributed by atoms with Gasteiger partial charge in [-0.05, 0) is 18.2 Å². The zero-order valence-corrected chi connectivity index (χ0v) is 19.0. The van der Waals surface area contributed by atoms with Crippen LogP contribution in [0, 0.1) is 0 Å². The van der Waals surface area contributed by atoms with E-state index in [1.165, 1.54) is 25.3 Å². The smallest absolute Gasteiger partial charge is 0.238 e. The van der Waals surface area contributed by atoms with Crippen molar-refractivity contribution in [1.82, 2.24) is 0 Å². The number of hydrogen-bond donors (Lipinski definition) is 7. The molecule has 1 aliphatic rings. The molecule has 0 spiro atoms. The molecule has 0 radical (unpaired) electrons. The van der Waals surface area contributed by atoms with Crippen molar-refractivity contribution in [3.05, 3.63) is 34.5 Å². The summed E-state index contributed by atoms with van der Waals surface area (Å²) in [5, 5.41) is 70.3. The van der Waals surface area contributed by atoms with Gasteiger partial charge in [0.2, 0.25) is 23.2 Å². The van der Waals surface area contributed by atoms with Crippen LogP contribution in [0.4, 0.5) is 0 Å². The molecule has 0 saturated carbocycles. The highest BCUT2D eigenvalue weighted by molar-refractivity contribution is 5.91. The maximum Gasteiger partial charge on any atom is 0.238 e. The summed E-state index contributed by atoms with van der Waals surface area (Å²) in [4.78, 5) is 12.9. The first-order valence-electron chi connectivity index (χ1n) is 10.6. The van der Waals surface area contributed by atoms with Crippen molar-refractivity contribution in [3.8, 4) is 45.8 Å². The van der Waals surface area contributed by atoms with Crippen LogP contribution in [-0.2, 0) is 4.74 Å². The van der Waals surface area contributed by atoms with Crippen molar-refractivity contribution in [2.24, 2.45) is 0 Å². The molecular weight excluding hydrogens is 484 g/mol. The van der Waals surface area contributed by atoms with Gasteiger partial charge in [0.15, 0.2) is 28.8 Å². The molecule has 0 amide bonds. The van der Waals surface area contributed by atoms with E-state index in [1.54, 1.807) is 0 Å². The van der Waals surface area contributed by atoms with Gasteiger partial charge in [-0.3, -0.25) is 4.79 Å². The quantitative estimate of drug-likeness (QED) is 0.230. The molecule has 0 bridgehead atoms. The molecule has 1 aromatic heterocycles. The lowest BCUT2D eigenvalue weighted by atomic mass is 9.99. The molecule has 3 aromatic rings. The first-order valence-corrected chi connectivity index (χ1v) is 10.6. The number of aliphatic hydroxyl groups excluding tert-OH is 4. The zero-order valence-electron chi connectivity index (χ0n) is 19.0. The van der Waals surface area contributed by atoms with E-state index in [4.69, 9.17) is 23.4 Å². The lowest BCUT2D eigenvalue weighted by molar-refractivity contribution is -0.277. The molecule has 13 nitrogen and oxygen atoms in total. The molecule has 194 valence electrons. The molecule has 0 unspecified atom stereocenters. The van der Waals surface area contributed by atoms with Gasteiger partial charge < -0.3 is 59.1 Å². The molecule has 13 heteroatoms. The first kappa shape index (κ1) is 25.3. The van der Waals surface area contributed by atoms with Gasteiger partial charge in [0.05, 0.1) is 20.8 Å². The number of phenols is 2. The third-order valence-electron chi connectivity index (χ3n) is 5.79. The van der Waals surface area contributed by atoms with E-state index in [-0.39, 0.29) is 39.9 Å². The number of benzene rings is 2. The van der Waals surface area contributed by atoms with E-state index >= 15 is 0 Å². The van der Waals surface area contributed by atoms with Crippen LogP contribution in [0.2, 0.25) is 0 Å². The monoisotopic (exact) mass is 508 g/mol. The van der Waals surface area contributed by atoms with Crippen molar-refractivity contribution in [2.75, 3.05) is 20.8 Å². The Hall–Kier alpha value is -3.75. The highest BCUT2D eigenvalue weighted by Gasteiger charge is 2.45. The molecule has 7 N–H and O–H groups in total. The fourth-order valence-corrected chi connectivity index (χ4v) is 3.87. The summed E-state index contributed by atoms with van der Waals surface area (Å²) in [6.45, 7) is -0.696. The number of fused-ring (bicyclic) bond motifs is 1. The minimum atomic E-state index is -1.77. The molecule has 1 saturated heterocycles. The fourth-order valence-electron chi connectivity index (χ4n) is 3.87. The minimum Gasteiger partial charge on any atom is -0.504 e. The average molecular weight is 508 g/mol. The lowest BCUT2D eigenvalue weighted by Crippen LogP contribution is -2.60. The van der Waals surface area contributed by atoms with Gasteiger partial charge in [-0.15, -0.1) is 0 Å². The highest BCUT2D eigenvalue weighted by atomic mass is 16.7. The van der Waals surface area contributed by atoms with Crippen molar-refractivity contribution in [1.29, 1.82) is 0 Å².